The Balaban J connectivity index is 2.16. The number of para-hydroxylation sites is 1. The van der Waals surface area contributed by atoms with Crippen molar-refractivity contribution in [1.82, 2.24) is 10.3 Å². The van der Waals surface area contributed by atoms with Crippen molar-refractivity contribution in [1.29, 1.82) is 0 Å². The molecule has 94 valence electrons. The molecule has 0 radical (unpaired) electrons. The largest absolute Gasteiger partial charge is 0.467 e. The fourth-order valence-electron chi connectivity index (χ4n) is 1.71. The highest BCUT2D eigenvalue weighted by Gasteiger charge is 2.17. The SMILES string of the molecule is COC(=O)[C@H](C)NC(=O)c1cc2ccccc2[nH]1. The predicted octanol–water partition coefficient (Wildman–Crippen LogP) is 1.46. The number of aromatic nitrogens is 1. The fraction of sp³-hybridized carbons (Fsp3) is 0.231. The number of carbonyl (C=O) groups is 2. The lowest BCUT2D eigenvalue weighted by atomic mass is 10.2. The molecule has 0 aliphatic carbocycles. The van der Waals surface area contributed by atoms with Crippen molar-refractivity contribution >= 4 is 22.8 Å². The minimum Gasteiger partial charge on any atom is -0.467 e. The number of fused-ring (bicyclic) bond motifs is 1. The Labute approximate surface area is 104 Å². The molecule has 0 fully saturated rings. The first-order chi connectivity index (χ1) is 8.61. The van der Waals surface area contributed by atoms with Crippen LogP contribution in [0.5, 0.6) is 0 Å². The molecule has 18 heavy (non-hydrogen) atoms. The summed E-state index contributed by atoms with van der Waals surface area (Å²) in [5.41, 5.74) is 1.31. The maximum Gasteiger partial charge on any atom is 0.328 e. The average Bonchev–Trinajstić information content (AvgIpc) is 2.81. The first-order valence-corrected chi connectivity index (χ1v) is 5.58. The second-order valence-electron chi connectivity index (χ2n) is 3.99. The molecule has 1 aromatic heterocycles. The lowest BCUT2D eigenvalue weighted by Crippen LogP contribution is -2.39. The highest BCUT2D eigenvalue weighted by molar-refractivity contribution is 5.99. The van der Waals surface area contributed by atoms with Gasteiger partial charge in [-0.25, -0.2) is 4.79 Å². The maximum absolute atomic E-state index is 11.9. The molecule has 0 aliphatic heterocycles. The molecule has 1 amide bonds. The smallest absolute Gasteiger partial charge is 0.328 e. The number of esters is 1. The third-order valence-electron chi connectivity index (χ3n) is 2.68. The van der Waals surface area contributed by atoms with Gasteiger partial charge in [-0.05, 0) is 19.1 Å². The molecule has 0 spiro atoms. The molecule has 5 nitrogen and oxygen atoms in total. The van der Waals surface area contributed by atoms with E-state index in [0.29, 0.717) is 5.69 Å². The summed E-state index contributed by atoms with van der Waals surface area (Å²) in [6.07, 6.45) is 0. The van der Waals surface area contributed by atoms with Gasteiger partial charge in [-0.2, -0.15) is 0 Å². The molecule has 0 bridgehead atoms. The van der Waals surface area contributed by atoms with Gasteiger partial charge in [-0.3, -0.25) is 4.79 Å². The molecule has 0 unspecified atom stereocenters. The van der Waals surface area contributed by atoms with Gasteiger partial charge in [0.1, 0.15) is 11.7 Å². The average molecular weight is 246 g/mol. The molecule has 1 aromatic carbocycles. The minimum absolute atomic E-state index is 0.330. The molecular formula is C13H14N2O3. The van der Waals surface area contributed by atoms with Crippen LogP contribution in [0.3, 0.4) is 0 Å². The summed E-state index contributed by atoms with van der Waals surface area (Å²) >= 11 is 0. The van der Waals surface area contributed by atoms with Crippen LogP contribution in [0.15, 0.2) is 30.3 Å². The van der Waals surface area contributed by atoms with E-state index < -0.39 is 12.0 Å². The van der Waals surface area contributed by atoms with E-state index >= 15 is 0 Å². The van der Waals surface area contributed by atoms with Crippen LogP contribution in [0.4, 0.5) is 0 Å². The van der Waals surface area contributed by atoms with Crippen molar-refractivity contribution in [3.63, 3.8) is 0 Å². The summed E-state index contributed by atoms with van der Waals surface area (Å²) in [5.74, 6) is -0.802. The van der Waals surface area contributed by atoms with Crippen LogP contribution in [-0.4, -0.2) is 30.0 Å². The number of rotatable bonds is 3. The fourth-order valence-corrected chi connectivity index (χ4v) is 1.71. The van der Waals surface area contributed by atoms with Crippen molar-refractivity contribution in [2.75, 3.05) is 7.11 Å². The van der Waals surface area contributed by atoms with Gasteiger partial charge < -0.3 is 15.0 Å². The van der Waals surface area contributed by atoms with Crippen molar-refractivity contribution in [2.24, 2.45) is 0 Å². The predicted molar refractivity (Wildman–Crippen MR) is 67.2 cm³/mol. The Bertz CT molecular complexity index is 556. The van der Waals surface area contributed by atoms with Crippen LogP contribution < -0.4 is 5.32 Å². The van der Waals surface area contributed by atoms with Crippen LogP contribution in [-0.2, 0) is 9.53 Å². The number of aromatic amines is 1. The van der Waals surface area contributed by atoms with E-state index in [2.05, 4.69) is 15.0 Å². The van der Waals surface area contributed by atoms with Crippen LogP contribution in [0.25, 0.3) is 10.9 Å². The number of H-pyrrole nitrogens is 1. The lowest BCUT2D eigenvalue weighted by Gasteiger charge is -2.10. The monoisotopic (exact) mass is 246 g/mol. The zero-order chi connectivity index (χ0) is 13.1. The van der Waals surface area contributed by atoms with E-state index in [1.165, 1.54) is 7.11 Å². The molecule has 2 aromatic rings. The van der Waals surface area contributed by atoms with Gasteiger partial charge in [0.05, 0.1) is 7.11 Å². The Morgan fingerprint density at radius 2 is 2.06 bits per heavy atom. The number of carbonyl (C=O) groups excluding carboxylic acids is 2. The number of hydrogen-bond acceptors (Lipinski definition) is 3. The first-order valence-electron chi connectivity index (χ1n) is 5.58. The molecule has 0 saturated heterocycles. The molecule has 2 N–H and O–H groups in total. The van der Waals surface area contributed by atoms with E-state index in [1.54, 1.807) is 13.0 Å². The normalized spacial score (nSPS) is 12.1. The van der Waals surface area contributed by atoms with Crippen LogP contribution in [0.1, 0.15) is 17.4 Å². The third kappa shape index (κ3) is 2.34. The summed E-state index contributed by atoms with van der Waals surface area (Å²) in [6, 6.07) is 8.65. The Morgan fingerprint density at radius 1 is 1.33 bits per heavy atom. The van der Waals surface area contributed by atoms with Crippen molar-refractivity contribution < 1.29 is 14.3 Å². The second-order valence-corrected chi connectivity index (χ2v) is 3.99. The van der Waals surface area contributed by atoms with Crippen molar-refractivity contribution in [2.45, 2.75) is 13.0 Å². The van der Waals surface area contributed by atoms with Crippen LogP contribution >= 0.6 is 0 Å². The van der Waals surface area contributed by atoms with Gasteiger partial charge >= 0.3 is 5.97 Å². The first kappa shape index (κ1) is 12.2. The zero-order valence-electron chi connectivity index (χ0n) is 10.2. The minimum atomic E-state index is -0.672. The van der Waals surface area contributed by atoms with Gasteiger partial charge in [0, 0.05) is 10.9 Å². The number of hydrogen-bond donors (Lipinski definition) is 2. The highest BCUT2D eigenvalue weighted by Crippen LogP contribution is 2.14. The molecular weight excluding hydrogens is 232 g/mol. The van der Waals surface area contributed by atoms with Gasteiger partial charge in [0.25, 0.3) is 5.91 Å². The Hall–Kier alpha value is -2.30. The third-order valence-corrected chi connectivity index (χ3v) is 2.68. The summed E-state index contributed by atoms with van der Waals surface area (Å²) < 4.78 is 4.54. The van der Waals surface area contributed by atoms with Gasteiger partial charge in [-0.15, -0.1) is 0 Å². The molecule has 1 heterocycles. The van der Waals surface area contributed by atoms with E-state index in [0.717, 1.165) is 10.9 Å². The Morgan fingerprint density at radius 3 is 2.72 bits per heavy atom. The zero-order valence-corrected chi connectivity index (χ0v) is 10.2. The van der Waals surface area contributed by atoms with Gasteiger partial charge in [0.2, 0.25) is 0 Å². The molecule has 5 heteroatoms. The number of amides is 1. The highest BCUT2D eigenvalue weighted by atomic mass is 16.5. The topological polar surface area (TPSA) is 71.2 Å². The van der Waals surface area contributed by atoms with Crippen molar-refractivity contribution in [3.8, 4) is 0 Å². The maximum atomic E-state index is 11.9. The van der Waals surface area contributed by atoms with Crippen LogP contribution in [0.2, 0.25) is 0 Å². The molecule has 1 atom stereocenters. The van der Waals surface area contributed by atoms with E-state index in [-0.39, 0.29) is 5.91 Å². The number of benzene rings is 1. The summed E-state index contributed by atoms with van der Waals surface area (Å²) in [7, 11) is 1.29. The second kappa shape index (κ2) is 4.91. The number of ether oxygens (including phenoxy) is 1. The Kier molecular flexibility index (Phi) is 3.32. The molecule has 0 saturated carbocycles. The molecule has 0 aliphatic rings. The quantitative estimate of drug-likeness (QED) is 0.805. The van der Waals surface area contributed by atoms with E-state index in [4.69, 9.17) is 0 Å². The molecule has 2 rings (SSSR count). The summed E-state index contributed by atoms with van der Waals surface area (Å²) in [5, 5.41) is 3.52. The summed E-state index contributed by atoms with van der Waals surface area (Å²) in [4.78, 5) is 26.1. The van der Waals surface area contributed by atoms with Gasteiger partial charge in [0.15, 0.2) is 0 Å². The lowest BCUT2D eigenvalue weighted by molar-refractivity contribution is -0.142. The van der Waals surface area contributed by atoms with E-state index in [1.807, 2.05) is 24.3 Å². The van der Waals surface area contributed by atoms with Gasteiger partial charge in [-0.1, -0.05) is 18.2 Å². The number of nitrogens with one attached hydrogen (secondary N) is 2. The van der Waals surface area contributed by atoms with Crippen molar-refractivity contribution in [3.05, 3.63) is 36.0 Å². The number of methoxy groups -OCH3 is 1. The van der Waals surface area contributed by atoms with E-state index in [9.17, 15) is 9.59 Å². The summed E-state index contributed by atoms with van der Waals surface area (Å²) in [6.45, 7) is 1.58. The van der Waals surface area contributed by atoms with Crippen LogP contribution in [0, 0.1) is 0 Å². The standard InChI is InChI=1S/C13H14N2O3/c1-8(13(17)18-2)14-12(16)11-7-9-5-3-4-6-10(9)15-11/h3-8,15H,1-2H3,(H,14,16)/t8-/m0/s1.